The van der Waals surface area contributed by atoms with E-state index in [0.29, 0.717) is 5.75 Å². The van der Waals surface area contributed by atoms with Gasteiger partial charge in [-0.25, -0.2) is 9.97 Å². The van der Waals surface area contributed by atoms with Crippen LogP contribution in [0.3, 0.4) is 0 Å². The van der Waals surface area contributed by atoms with Crippen molar-refractivity contribution < 1.29 is 13.2 Å². The summed E-state index contributed by atoms with van der Waals surface area (Å²) in [5, 5.41) is 0.143. The number of aromatic nitrogens is 2. The summed E-state index contributed by atoms with van der Waals surface area (Å²) in [5.74, 6) is 0.555. The van der Waals surface area contributed by atoms with Gasteiger partial charge in [0.05, 0.1) is 0 Å². The number of rotatable bonds is 3. The van der Waals surface area contributed by atoms with Crippen molar-refractivity contribution in [1.82, 2.24) is 9.97 Å². The van der Waals surface area contributed by atoms with E-state index < -0.39 is 11.9 Å². The van der Waals surface area contributed by atoms with E-state index in [1.165, 1.54) is 17.3 Å². The molecule has 0 saturated heterocycles. The van der Waals surface area contributed by atoms with E-state index in [1.54, 1.807) is 0 Å². The third-order valence-electron chi connectivity index (χ3n) is 3.11. The highest BCUT2D eigenvalue weighted by atomic mass is 32.2. The number of thioether (sulfide) groups is 1. The first-order valence-electron chi connectivity index (χ1n) is 6.37. The van der Waals surface area contributed by atoms with Gasteiger partial charge in [-0.2, -0.15) is 13.2 Å². The normalized spacial score (nSPS) is 11.7. The maximum absolute atomic E-state index is 12.6. The zero-order valence-corrected chi connectivity index (χ0v) is 12.8. The van der Waals surface area contributed by atoms with Crippen molar-refractivity contribution in [1.29, 1.82) is 0 Å². The van der Waals surface area contributed by atoms with Gasteiger partial charge in [-0.3, -0.25) is 0 Å². The van der Waals surface area contributed by atoms with Gasteiger partial charge in [0, 0.05) is 11.9 Å². The second-order valence-electron chi connectivity index (χ2n) is 4.89. The summed E-state index contributed by atoms with van der Waals surface area (Å²) in [6, 6.07) is 5.01. The Bertz CT molecular complexity index is 631. The topological polar surface area (TPSA) is 25.8 Å². The molecule has 0 radical (unpaired) electrons. The molecule has 112 valence electrons. The van der Waals surface area contributed by atoms with Crippen LogP contribution in [0, 0.1) is 20.8 Å². The Morgan fingerprint density at radius 1 is 1.10 bits per heavy atom. The highest BCUT2D eigenvalue weighted by Crippen LogP contribution is 2.30. The van der Waals surface area contributed by atoms with E-state index in [2.05, 4.69) is 22.1 Å². The van der Waals surface area contributed by atoms with Crippen LogP contribution in [-0.2, 0) is 11.9 Å². The van der Waals surface area contributed by atoms with Gasteiger partial charge in [0.15, 0.2) is 5.16 Å². The molecule has 2 aromatic rings. The molecule has 0 N–H and O–H groups in total. The second-order valence-corrected chi connectivity index (χ2v) is 5.83. The van der Waals surface area contributed by atoms with Gasteiger partial charge >= 0.3 is 6.18 Å². The molecule has 1 aromatic carbocycles. The van der Waals surface area contributed by atoms with E-state index >= 15 is 0 Å². The van der Waals surface area contributed by atoms with Crippen molar-refractivity contribution in [3.8, 4) is 0 Å². The summed E-state index contributed by atoms with van der Waals surface area (Å²) in [6.07, 6.45) is -3.29. The molecule has 1 heterocycles. The summed E-state index contributed by atoms with van der Waals surface area (Å²) >= 11 is 1.22. The van der Waals surface area contributed by atoms with Gasteiger partial charge in [0.1, 0.15) is 5.69 Å². The molecule has 0 unspecified atom stereocenters. The number of hydrogen-bond donors (Lipinski definition) is 0. The molecule has 1 aromatic heterocycles. The number of alkyl halides is 3. The third kappa shape index (κ3) is 3.97. The third-order valence-corrected chi connectivity index (χ3v) is 4.00. The standard InChI is InChI=1S/C15H15F3N2S/c1-9-6-10(2)12(11(3)7-9)8-21-14-19-5-4-13(20-14)15(16,17)18/h4-7H,8H2,1-3H3. The Morgan fingerprint density at radius 3 is 2.29 bits per heavy atom. The van der Waals surface area contributed by atoms with E-state index in [-0.39, 0.29) is 5.16 Å². The van der Waals surface area contributed by atoms with Gasteiger partial charge in [-0.15, -0.1) is 0 Å². The lowest BCUT2D eigenvalue weighted by atomic mass is 10.0. The molecule has 0 spiro atoms. The average Bonchev–Trinajstić information content (AvgIpc) is 2.36. The summed E-state index contributed by atoms with van der Waals surface area (Å²) in [6.45, 7) is 6.03. The quantitative estimate of drug-likeness (QED) is 0.606. The second kappa shape index (κ2) is 6.05. The van der Waals surface area contributed by atoms with Gasteiger partial charge < -0.3 is 0 Å². The molecule has 0 aliphatic rings. The Hall–Kier alpha value is -1.56. The van der Waals surface area contributed by atoms with Crippen molar-refractivity contribution in [3.63, 3.8) is 0 Å². The Balaban J connectivity index is 2.18. The zero-order valence-electron chi connectivity index (χ0n) is 12.0. The Morgan fingerprint density at radius 2 is 1.71 bits per heavy atom. The molecule has 2 rings (SSSR count). The molecular formula is C15H15F3N2S. The lowest BCUT2D eigenvalue weighted by molar-refractivity contribution is -0.141. The first kappa shape index (κ1) is 15.8. The number of benzene rings is 1. The van der Waals surface area contributed by atoms with Crippen molar-refractivity contribution >= 4 is 11.8 Å². The minimum atomic E-state index is -4.44. The van der Waals surface area contributed by atoms with Crippen molar-refractivity contribution in [2.24, 2.45) is 0 Å². The summed E-state index contributed by atoms with van der Waals surface area (Å²) in [4.78, 5) is 7.46. The lowest BCUT2D eigenvalue weighted by Crippen LogP contribution is -2.08. The van der Waals surface area contributed by atoms with Crippen LogP contribution in [0.15, 0.2) is 29.6 Å². The van der Waals surface area contributed by atoms with Crippen molar-refractivity contribution in [2.75, 3.05) is 0 Å². The smallest absolute Gasteiger partial charge is 0.231 e. The SMILES string of the molecule is Cc1cc(C)c(CSc2nccc(C(F)(F)F)n2)c(C)c1. The van der Waals surface area contributed by atoms with Crippen molar-refractivity contribution in [2.45, 2.75) is 37.9 Å². The number of halogens is 3. The first-order valence-corrected chi connectivity index (χ1v) is 7.35. The zero-order chi connectivity index (χ0) is 15.6. The van der Waals surface area contributed by atoms with E-state index in [4.69, 9.17) is 0 Å². The predicted molar refractivity (Wildman–Crippen MR) is 77.2 cm³/mol. The number of aryl methyl sites for hydroxylation is 3. The van der Waals surface area contributed by atoms with Gasteiger partial charge in [0.25, 0.3) is 0 Å². The molecular weight excluding hydrogens is 297 g/mol. The molecule has 0 aliphatic heterocycles. The molecule has 0 atom stereocenters. The van der Waals surface area contributed by atoms with E-state index in [9.17, 15) is 13.2 Å². The fourth-order valence-corrected chi connectivity index (χ4v) is 3.17. The molecule has 0 aliphatic carbocycles. The van der Waals surface area contributed by atoms with Crippen LogP contribution in [0.4, 0.5) is 13.2 Å². The minimum Gasteiger partial charge on any atom is -0.231 e. The first-order chi connectivity index (χ1) is 9.77. The average molecular weight is 312 g/mol. The lowest BCUT2D eigenvalue weighted by Gasteiger charge is -2.11. The van der Waals surface area contributed by atoms with Crippen LogP contribution in [0.25, 0.3) is 0 Å². The van der Waals surface area contributed by atoms with Crippen molar-refractivity contribution in [3.05, 3.63) is 52.3 Å². The van der Waals surface area contributed by atoms with Crippen LogP contribution in [0.2, 0.25) is 0 Å². The molecule has 21 heavy (non-hydrogen) atoms. The minimum absolute atomic E-state index is 0.143. The molecule has 0 bridgehead atoms. The van der Waals surface area contributed by atoms with Crippen LogP contribution in [-0.4, -0.2) is 9.97 Å². The Labute approximate surface area is 125 Å². The molecule has 0 saturated carbocycles. The van der Waals surface area contributed by atoms with Crippen LogP contribution in [0.1, 0.15) is 27.9 Å². The van der Waals surface area contributed by atoms with E-state index in [0.717, 1.165) is 29.0 Å². The van der Waals surface area contributed by atoms with Gasteiger partial charge in [-0.05, 0) is 43.5 Å². The largest absolute Gasteiger partial charge is 0.433 e. The maximum atomic E-state index is 12.6. The highest BCUT2D eigenvalue weighted by molar-refractivity contribution is 7.98. The molecule has 2 nitrogen and oxygen atoms in total. The van der Waals surface area contributed by atoms with Gasteiger partial charge in [-0.1, -0.05) is 29.5 Å². The van der Waals surface area contributed by atoms with Gasteiger partial charge in [0.2, 0.25) is 0 Å². The summed E-state index contributed by atoms with van der Waals surface area (Å²) in [7, 11) is 0. The van der Waals surface area contributed by atoms with Crippen LogP contribution < -0.4 is 0 Å². The fraction of sp³-hybridized carbons (Fsp3) is 0.333. The summed E-state index contributed by atoms with van der Waals surface area (Å²) < 4.78 is 37.8. The molecule has 0 amide bonds. The maximum Gasteiger partial charge on any atom is 0.433 e. The molecule has 0 fully saturated rings. The summed E-state index contributed by atoms with van der Waals surface area (Å²) in [5.41, 5.74) is 3.65. The monoisotopic (exact) mass is 312 g/mol. The fourth-order valence-electron chi connectivity index (χ4n) is 2.14. The van der Waals surface area contributed by atoms with Crippen LogP contribution in [0.5, 0.6) is 0 Å². The number of nitrogens with zero attached hydrogens (tertiary/aromatic N) is 2. The number of hydrogen-bond acceptors (Lipinski definition) is 3. The predicted octanol–water partition coefficient (Wildman–Crippen LogP) is 4.71. The highest BCUT2D eigenvalue weighted by Gasteiger charge is 2.32. The molecule has 6 heteroatoms. The van der Waals surface area contributed by atoms with E-state index in [1.807, 2.05) is 20.8 Å². The Kier molecular flexibility index (Phi) is 4.56. The van der Waals surface area contributed by atoms with Crippen LogP contribution >= 0.6 is 11.8 Å².